The van der Waals surface area contributed by atoms with E-state index in [9.17, 15) is 14.4 Å². The number of ketones is 1. The maximum absolute atomic E-state index is 12.3. The number of nitrogens with zero attached hydrogens (tertiary/aromatic N) is 2. The summed E-state index contributed by atoms with van der Waals surface area (Å²) in [7, 11) is 0. The maximum Gasteiger partial charge on any atom is 0.296 e. The Balaban J connectivity index is 1.70. The lowest BCUT2D eigenvalue weighted by molar-refractivity contribution is -0.138. The van der Waals surface area contributed by atoms with Gasteiger partial charge in [0.25, 0.3) is 11.8 Å². The van der Waals surface area contributed by atoms with Gasteiger partial charge in [0.15, 0.2) is 5.76 Å². The largest absolute Gasteiger partial charge is 0.451 e. The predicted molar refractivity (Wildman–Crippen MR) is 99.6 cm³/mol. The Morgan fingerprint density at radius 3 is 2.30 bits per heavy atom. The molecule has 27 heavy (non-hydrogen) atoms. The van der Waals surface area contributed by atoms with Gasteiger partial charge in [-0.25, -0.2) is 0 Å². The molecule has 0 aliphatic carbocycles. The van der Waals surface area contributed by atoms with Gasteiger partial charge in [0.1, 0.15) is 11.5 Å². The molecule has 0 N–H and O–H groups in total. The average Bonchev–Trinajstić information content (AvgIpc) is 2.91. The fraction of sp³-hybridized carbons (Fsp3) is 0.429. The van der Waals surface area contributed by atoms with Gasteiger partial charge in [0.2, 0.25) is 0 Å². The molecule has 0 radical (unpaired) electrons. The van der Waals surface area contributed by atoms with Crippen molar-refractivity contribution in [3.05, 3.63) is 41.7 Å². The van der Waals surface area contributed by atoms with E-state index in [0.29, 0.717) is 24.3 Å². The van der Waals surface area contributed by atoms with Crippen molar-refractivity contribution in [3.8, 4) is 11.8 Å². The third-order valence-corrected chi connectivity index (χ3v) is 4.35. The SMILES string of the molecule is CC(=O)CCCCCCCCN1C(=O)C=C(Oc2ccc(C#N)cc2)C1=O. The number of ether oxygens (including phenoxy) is 1. The van der Waals surface area contributed by atoms with Gasteiger partial charge in [-0.2, -0.15) is 5.26 Å². The van der Waals surface area contributed by atoms with Crippen LogP contribution in [0.15, 0.2) is 36.1 Å². The number of benzene rings is 1. The summed E-state index contributed by atoms with van der Waals surface area (Å²) in [6, 6.07) is 8.36. The molecule has 1 aliphatic heterocycles. The van der Waals surface area contributed by atoms with E-state index < -0.39 is 5.91 Å². The molecular formula is C21H24N2O4. The first-order chi connectivity index (χ1) is 13.0. The van der Waals surface area contributed by atoms with E-state index in [1.807, 2.05) is 6.07 Å². The molecule has 0 bridgehead atoms. The second-order valence-electron chi connectivity index (χ2n) is 6.62. The molecule has 0 aromatic heterocycles. The lowest BCUT2D eigenvalue weighted by Crippen LogP contribution is -2.32. The Morgan fingerprint density at radius 1 is 1.04 bits per heavy atom. The van der Waals surface area contributed by atoms with Gasteiger partial charge in [0.05, 0.1) is 17.7 Å². The predicted octanol–water partition coefficient (Wildman–Crippen LogP) is 3.51. The molecule has 0 saturated carbocycles. The summed E-state index contributed by atoms with van der Waals surface area (Å²) in [5.41, 5.74) is 0.494. The number of imide groups is 1. The third-order valence-electron chi connectivity index (χ3n) is 4.35. The highest BCUT2D eigenvalue weighted by Crippen LogP contribution is 2.20. The summed E-state index contributed by atoms with van der Waals surface area (Å²) >= 11 is 0. The van der Waals surface area contributed by atoms with E-state index in [1.54, 1.807) is 31.2 Å². The number of unbranched alkanes of at least 4 members (excludes halogenated alkanes) is 5. The summed E-state index contributed by atoms with van der Waals surface area (Å²) in [5, 5.41) is 8.79. The molecule has 0 spiro atoms. The molecule has 6 heteroatoms. The Labute approximate surface area is 159 Å². The standard InChI is InChI=1S/C21H24N2O4/c1-16(24)8-6-4-2-3-5-7-13-23-20(25)14-19(21(23)26)27-18-11-9-17(15-22)10-12-18/h9-12,14H,2-8,13H2,1H3. The molecule has 1 heterocycles. The smallest absolute Gasteiger partial charge is 0.296 e. The van der Waals surface area contributed by atoms with Crippen molar-refractivity contribution in [2.45, 2.75) is 51.9 Å². The highest BCUT2D eigenvalue weighted by Gasteiger charge is 2.32. The molecule has 1 aliphatic rings. The molecule has 0 unspecified atom stereocenters. The zero-order valence-electron chi connectivity index (χ0n) is 15.6. The Kier molecular flexibility index (Phi) is 7.75. The Bertz CT molecular complexity index is 759. The van der Waals surface area contributed by atoms with Gasteiger partial charge in [-0.1, -0.05) is 25.7 Å². The number of carbonyl (C=O) groups excluding carboxylic acids is 3. The summed E-state index contributed by atoms with van der Waals surface area (Å²) in [6.45, 7) is 1.99. The Morgan fingerprint density at radius 2 is 1.67 bits per heavy atom. The second-order valence-corrected chi connectivity index (χ2v) is 6.62. The fourth-order valence-electron chi connectivity index (χ4n) is 2.85. The summed E-state index contributed by atoms with van der Waals surface area (Å²) in [4.78, 5) is 36.4. The van der Waals surface area contributed by atoms with Crippen LogP contribution in [0.4, 0.5) is 0 Å². The molecule has 0 fully saturated rings. The van der Waals surface area contributed by atoms with Crippen LogP contribution in [0.5, 0.6) is 5.75 Å². The minimum atomic E-state index is -0.425. The normalized spacial score (nSPS) is 13.5. The number of Topliss-reactive ketones (excluding diaryl/α,β-unsaturated/α-hetero) is 1. The van der Waals surface area contributed by atoms with Crippen LogP contribution < -0.4 is 4.74 Å². The highest BCUT2D eigenvalue weighted by atomic mass is 16.5. The molecule has 2 amide bonds. The first-order valence-corrected chi connectivity index (χ1v) is 9.26. The van der Waals surface area contributed by atoms with Crippen LogP contribution in [0.2, 0.25) is 0 Å². The van der Waals surface area contributed by atoms with Crippen molar-refractivity contribution in [2.24, 2.45) is 0 Å². The first-order valence-electron chi connectivity index (χ1n) is 9.26. The van der Waals surface area contributed by atoms with Crippen LogP contribution in [-0.2, 0) is 14.4 Å². The molecular weight excluding hydrogens is 344 g/mol. The van der Waals surface area contributed by atoms with Gasteiger partial charge in [-0.3, -0.25) is 14.5 Å². The molecule has 1 aromatic rings. The van der Waals surface area contributed by atoms with Crippen molar-refractivity contribution >= 4 is 17.6 Å². The minimum absolute atomic E-state index is 0.00828. The van der Waals surface area contributed by atoms with E-state index >= 15 is 0 Å². The zero-order chi connectivity index (χ0) is 19.6. The van der Waals surface area contributed by atoms with E-state index in [0.717, 1.165) is 38.5 Å². The third kappa shape index (κ3) is 6.37. The lowest BCUT2D eigenvalue weighted by Gasteiger charge is -2.14. The molecule has 0 atom stereocenters. The van der Waals surface area contributed by atoms with E-state index in [4.69, 9.17) is 10.00 Å². The van der Waals surface area contributed by atoms with E-state index in [-0.39, 0.29) is 17.4 Å². The van der Waals surface area contributed by atoms with Crippen molar-refractivity contribution in [2.75, 3.05) is 6.54 Å². The van der Waals surface area contributed by atoms with Gasteiger partial charge >= 0.3 is 0 Å². The van der Waals surface area contributed by atoms with Gasteiger partial charge in [-0.05, 0) is 44.0 Å². The Hall–Kier alpha value is -2.94. The van der Waals surface area contributed by atoms with Crippen molar-refractivity contribution < 1.29 is 19.1 Å². The second kappa shape index (κ2) is 10.3. The van der Waals surface area contributed by atoms with Crippen LogP contribution in [-0.4, -0.2) is 29.0 Å². The van der Waals surface area contributed by atoms with Crippen LogP contribution >= 0.6 is 0 Å². The molecule has 1 aromatic carbocycles. The summed E-state index contributed by atoms with van der Waals surface area (Å²) in [5.74, 6) is -0.133. The van der Waals surface area contributed by atoms with E-state index in [1.165, 1.54) is 11.0 Å². The zero-order valence-corrected chi connectivity index (χ0v) is 15.6. The van der Waals surface area contributed by atoms with Crippen LogP contribution in [0.25, 0.3) is 0 Å². The molecule has 2 rings (SSSR count). The quantitative estimate of drug-likeness (QED) is 0.440. The first kappa shape index (κ1) is 20.4. The number of nitriles is 1. The number of hydrogen-bond donors (Lipinski definition) is 0. The minimum Gasteiger partial charge on any atom is -0.451 e. The van der Waals surface area contributed by atoms with Crippen LogP contribution in [0.1, 0.15) is 57.4 Å². The summed E-state index contributed by atoms with van der Waals surface area (Å²) in [6.07, 6.45) is 7.58. The van der Waals surface area contributed by atoms with E-state index in [2.05, 4.69) is 0 Å². The van der Waals surface area contributed by atoms with Gasteiger partial charge in [-0.15, -0.1) is 0 Å². The maximum atomic E-state index is 12.3. The monoisotopic (exact) mass is 368 g/mol. The molecule has 142 valence electrons. The highest BCUT2D eigenvalue weighted by molar-refractivity contribution is 6.15. The topological polar surface area (TPSA) is 87.5 Å². The van der Waals surface area contributed by atoms with Crippen LogP contribution in [0.3, 0.4) is 0 Å². The van der Waals surface area contributed by atoms with Crippen molar-refractivity contribution in [3.63, 3.8) is 0 Å². The fourth-order valence-corrected chi connectivity index (χ4v) is 2.85. The number of amides is 2. The number of hydrogen-bond acceptors (Lipinski definition) is 5. The summed E-state index contributed by atoms with van der Waals surface area (Å²) < 4.78 is 5.49. The number of rotatable bonds is 11. The molecule has 0 saturated heterocycles. The van der Waals surface area contributed by atoms with Crippen LogP contribution in [0, 0.1) is 11.3 Å². The van der Waals surface area contributed by atoms with Crippen molar-refractivity contribution in [1.82, 2.24) is 4.90 Å². The van der Waals surface area contributed by atoms with Crippen molar-refractivity contribution in [1.29, 1.82) is 5.26 Å². The number of carbonyl (C=O) groups is 3. The average molecular weight is 368 g/mol. The molecule has 6 nitrogen and oxygen atoms in total. The van der Waals surface area contributed by atoms with Gasteiger partial charge < -0.3 is 9.53 Å². The lowest BCUT2D eigenvalue weighted by atomic mass is 10.1. The van der Waals surface area contributed by atoms with Gasteiger partial charge in [0, 0.05) is 13.0 Å².